The molecule has 1 fully saturated rings. The van der Waals surface area contributed by atoms with Crippen molar-refractivity contribution in [3.05, 3.63) is 28.2 Å². The Bertz CT molecular complexity index is 513. The zero-order chi connectivity index (χ0) is 13.3. The topological polar surface area (TPSA) is 62.5 Å². The molecule has 1 aliphatic rings. The van der Waals surface area contributed by atoms with Crippen molar-refractivity contribution in [1.82, 2.24) is 4.57 Å². The molecule has 1 aromatic heterocycles. The van der Waals surface area contributed by atoms with Crippen LogP contribution in [0.25, 0.3) is 0 Å². The maximum Gasteiger partial charge on any atom is 0.337 e. The maximum atomic E-state index is 12.3. The molecule has 0 spiro atoms. The van der Waals surface area contributed by atoms with Crippen LogP contribution in [0, 0.1) is 0 Å². The van der Waals surface area contributed by atoms with Gasteiger partial charge in [-0.2, -0.15) is 0 Å². The van der Waals surface area contributed by atoms with Gasteiger partial charge in [0.15, 0.2) is 0 Å². The summed E-state index contributed by atoms with van der Waals surface area (Å²) in [5, 5.41) is 9.12. The molecule has 1 N–H and O–H groups in total. The van der Waals surface area contributed by atoms with Crippen molar-refractivity contribution in [3.8, 4) is 0 Å². The number of aromatic carboxylic acids is 1. The summed E-state index contributed by atoms with van der Waals surface area (Å²) >= 11 is 0. The molecule has 0 saturated heterocycles. The lowest BCUT2D eigenvalue weighted by Gasteiger charge is -2.19. The van der Waals surface area contributed by atoms with Crippen LogP contribution in [0.5, 0.6) is 0 Å². The summed E-state index contributed by atoms with van der Waals surface area (Å²) < 4.78 is 1.60. The zero-order valence-corrected chi connectivity index (χ0v) is 10.7. The highest BCUT2D eigenvalue weighted by molar-refractivity contribution is 5.88. The summed E-state index contributed by atoms with van der Waals surface area (Å²) in [6, 6.07) is 1.59. The molecule has 0 aromatic carbocycles. The van der Waals surface area contributed by atoms with Crippen LogP contribution in [0.2, 0.25) is 0 Å². The van der Waals surface area contributed by atoms with Gasteiger partial charge in [0.2, 0.25) is 0 Å². The van der Waals surface area contributed by atoms with Gasteiger partial charge in [-0.15, -0.1) is 0 Å². The normalized spacial score (nSPS) is 15.9. The van der Waals surface area contributed by atoms with E-state index in [4.69, 9.17) is 5.11 Å². The molecule has 5 nitrogen and oxygen atoms in total. The summed E-state index contributed by atoms with van der Waals surface area (Å²) in [6.07, 6.45) is 5.59. The highest BCUT2D eigenvalue weighted by Crippen LogP contribution is 2.29. The van der Waals surface area contributed by atoms with E-state index in [1.807, 2.05) is 0 Å². The van der Waals surface area contributed by atoms with Crippen molar-refractivity contribution in [3.63, 3.8) is 0 Å². The number of aromatic nitrogens is 1. The quantitative estimate of drug-likeness (QED) is 0.887. The molecular weight excluding hydrogens is 232 g/mol. The first-order valence-corrected chi connectivity index (χ1v) is 6.17. The van der Waals surface area contributed by atoms with Crippen LogP contribution in [0.15, 0.2) is 17.1 Å². The number of hydrogen-bond acceptors (Lipinski definition) is 3. The molecule has 0 amide bonds. The SMILES string of the molecule is CN(C)c1cc(C(=O)O)cn(C2CCCC2)c1=O. The lowest BCUT2D eigenvalue weighted by molar-refractivity contribution is 0.0695. The predicted octanol–water partition coefficient (Wildman–Crippen LogP) is 1.73. The molecule has 1 aliphatic carbocycles. The summed E-state index contributed by atoms with van der Waals surface area (Å²) in [5.74, 6) is -0.996. The Morgan fingerprint density at radius 1 is 1.39 bits per heavy atom. The fourth-order valence-electron chi connectivity index (χ4n) is 2.48. The Morgan fingerprint density at radius 2 is 2.00 bits per heavy atom. The summed E-state index contributed by atoms with van der Waals surface area (Å²) in [7, 11) is 3.50. The van der Waals surface area contributed by atoms with E-state index in [1.165, 1.54) is 12.3 Å². The van der Waals surface area contributed by atoms with E-state index in [-0.39, 0.29) is 17.2 Å². The van der Waals surface area contributed by atoms with Gasteiger partial charge >= 0.3 is 5.97 Å². The van der Waals surface area contributed by atoms with Crippen LogP contribution in [0.1, 0.15) is 42.1 Å². The number of carboxylic acid groups (broad SMARTS) is 1. The van der Waals surface area contributed by atoms with Crippen LogP contribution in [-0.4, -0.2) is 29.7 Å². The highest BCUT2D eigenvalue weighted by atomic mass is 16.4. The Morgan fingerprint density at radius 3 is 2.50 bits per heavy atom. The third-order valence-electron chi connectivity index (χ3n) is 3.47. The van der Waals surface area contributed by atoms with Crippen molar-refractivity contribution >= 4 is 11.7 Å². The van der Waals surface area contributed by atoms with Gasteiger partial charge in [0.05, 0.1) is 5.56 Å². The van der Waals surface area contributed by atoms with Crippen molar-refractivity contribution in [2.24, 2.45) is 0 Å². The molecule has 0 bridgehead atoms. The second kappa shape index (κ2) is 4.84. The second-order valence-corrected chi connectivity index (χ2v) is 4.96. The van der Waals surface area contributed by atoms with Gasteiger partial charge in [0.1, 0.15) is 5.69 Å². The molecule has 1 saturated carbocycles. The van der Waals surface area contributed by atoms with E-state index in [0.29, 0.717) is 5.69 Å². The van der Waals surface area contributed by atoms with E-state index in [2.05, 4.69) is 0 Å². The Hall–Kier alpha value is -1.78. The molecule has 0 unspecified atom stereocenters. The van der Waals surface area contributed by atoms with E-state index in [1.54, 1.807) is 23.6 Å². The largest absolute Gasteiger partial charge is 0.478 e. The first kappa shape index (κ1) is 12.7. The average molecular weight is 250 g/mol. The van der Waals surface area contributed by atoms with Crippen molar-refractivity contribution in [2.75, 3.05) is 19.0 Å². The average Bonchev–Trinajstić information content (AvgIpc) is 2.81. The summed E-state index contributed by atoms with van der Waals surface area (Å²) in [4.78, 5) is 25.1. The van der Waals surface area contributed by atoms with Gasteiger partial charge in [-0.1, -0.05) is 12.8 Å². The van der Waals surface area contributed by atoms with Gasteiger partial charge in [-0.05, 0) is 18.9 Å². The molecule has 0 radical (unpaired) electrons. The Kier molecular flexibility index (Phi) is 3.41. The molecule has 1 aromatic rings. The number of pyridine rings is 1. The monoisotopic (exact) mass is 250 g/mol. The van der Waals surface area contributed by atoms with E-state index < -0.39 is 5.97 Å². The van der Waals surface area contributed by atoms with Crippen LogP contribution in [-0.2, 0) is 0 Å². The zero-order valence-electron chi connectivity index (χ0n) is 10.7. The minimum Gasteiger partial charge on any atom is -0.478 e. The Balaban J connectivity index is 2.56. The van der Waals surface area contributed by atoms with E-state index in [0.717, 1.165) is 25.7 Å². The molecule has 18 heavy (non-hydrogen) atoms. The number of nitrogens with zero attached hydrogens (tertiary/aromatic N) is 2. The summed E-state index contributed by atoms with van der Waals surface area (Å²) in [5.41, 5.74) is 0.504. The third-order valence-corrected chi connectivity index (χ3v) is 3.47. The smallest absolute Gasteiger partial charge is 0.337 e. The molecule has 0 aliphatic heterocycles. The second-order valence-electron chi connectivity index (χ2n) is 4.96. The van der Waals surface area contributed by atoms with Gasteiger partial charge in [-0.25, -0.2) is 4.79 Å². The third kappa shape index (κ3) is 2.25. The van der Waals surface area contributed by atoms with Crippen LogP contribution < -0.4 is 10.5 Å². The molecule has 5 heteroatoms. The number of carboxylic acids is 1. The van der Waals surface area contributed by atoms with Crippen molar-refractivity contribution in [1.29, 1.82) is 0 Å². The standard InChI is InChI=1S/C13H18N2O3/c1-14(2)11-7-9(13(17)18)8-15(12(11)16)10-5-3-4-6-10/h7-8,10H,3-6H2,1-2H3,(H,17,18). The first-order chi connectivity index (χ1) is 8.50. The molecule has 0 atom stereocenters. The molecular formula is C13H18N2O3. The minimum atomic E-state index is -0.996. The van der Waals surface area contributed by atoms with Crippen LogP contribution >= 0.6 is 0 Å². The van der Waals surface area contributed by atoms with Gasteiger partial charge in [0.25, 0.3) is 5.56 Å². The number of anilines is 1. The number of rotatable bonds is 3. The predicted molar refractivity (Wildman–Crippen MR) is 69.5 cm³/mol. The van der Waals surface area contributed by atoms with Crippen LogP contribution in [0.4, 0.5) is 5.69 Å². The van der Waals surface area contributed by atoms with Gasteiger partial charge in [0, 0.05) is 26.3 Å². The molecule has 2 rings (SSSR count). The lowest BCUT2D eigenvalue weighted by Crippen LogP contribution is -2.30. The molecule has 1 heterocycles. The number of hydrogen-bond donors (Lipinski definition) is 1. The van der Waals surface area contributed by atoms with Crippen molar-refractivity contribution in [2.45, 2.75) is 31.7 Å². The maximum absolute atomic E-state index is 12.3. The molecule has 98 valence electrons. The summed E-state index contributed by atoms with van der Waals surface area (Å²) in [6.45, 7) is 0. The number of carbonyl (C=O) groups is 1. The first-order valence-electron chi connectivity index (χ1n) is 6.17. The highest BCUT2D eigenvalue weighted by Gasteiger charge is 2.21. The van der Waals surface area contributed by atoms with Gasteiger partial charge < -0.3 is 14.6 Å². The van der Waals surface area contributed by atoms with E-state index in [9.17, 15) is 9.59 Å². The Labute approximate surface area is 106 Å². The fourth-order valence-corrected chi connectivity index (χ4v) is 2.48. The minimum absolute atomic E-state index is 0.100. The van der Waals surface area contributed by atoms with Gasteiger partial charge in [-0.3, -0.25) is 4.79 Å². The van der Waals surface area contributed by atoms with Crippen LogP contribution in [0.3, 0.4) is 0 Å². The lowest BCUT2D eigenvalue weighted by atomic mass is 10.2. The van der Waals surface area contributed by atoms with Crippen molar-refractivity contribution < 1.29 is 9.90 Å². The van der Waals surface area contributed by atoms with E-state index >= 15 is 0 Å². The fraction of sp³-hybridized carbons (Fsp3) is 0.538.